The highest BCUT2D eigenvalue weighted by Gasteiger charge is 2.39. The fourth-order valence-electron chi connectivity index (χ4n) is 3.66. The second kappa shape index (κ2) is 11.1. The van der Waals surface area contributed by atoms with E-state index in [1.165, 1.54) is 12.1 Å². The molecule has 4 rings (SSSR count). The standard InChI is InChI=1S/C24H19F3N3O6PS2/c25-24(26,27)20-12-17(4-5-18(20)15-28)23(37(31,32)33)29-39(34,35)22-13-16-6-7-19(14-21(16)38-22)36-11-10-30-8-2-1-3-9-30/h1-9,12-14,23,29H,10-11H2,(H-,31,32,33)/p+1. The Kier molecular flexibility index (Phi) is 8.13. The number of alkyl halides is 3. The number of halogens is 3. The van der Waals surface area contributed by atoms with E-state index in [2.05, 4.69) is 0 Å². The molecule has 0 saturated carbocycles. The van der Waals surface area contributed by atoms with E-state index in [1.54, 1.807) is 18.2 Å². The average Bonchev–Trinajstić information content (AvgIpc) is 3.31. The van der Waals surface area contributed by atoms with Gasteiger partial charge in [0.2, 0.25) is 0 Å². The van der Waals surface area contributed by atoms with Gasteiger partial charge in [-0.2, -0.15) is 23.2 Å². The molecular formula is C24H20F3N3O6PS2+. The minimum absolute atomic E-state index is 0.308. The van der Waals surface area contributed by atoms with Crippen molar-refractivity contribution in [3.63, 3.8) is 0 Å². The predicted octanol–water partition coefficient (Wildman–Crippen LogP) is 4.31. The van der Waals surface area contributed by atoms with Crippen LogP contribution in [0.25, 0.3) is 10.1 Å². The Balaban J connectivity index is 1.59. The minimum Gasteiger partial charge on any atom is -0.487 e. The lowest BCUT2D eigenvalue weighted by molar-refractivity contribution is -0.697. The molecule has 0 bridgehead atoms. The van der Waals surface area contributed by atoms with Gasteiger partial charge < -0.3 is 14.5 Å². The second-order valence-electron chi connectivity index (χ2n) is 8.25. The van der Waals surface area contributed by atoms with Crippen LogP contribution in [0.3, 0.4) is 0 Å². The van der Waals surface area contributed by atoms with Gasteiger partial charge in [-0.15, -0.1) is 11.3 Å². The largest absolute Gasteiger partial charge is 0.487 e. The van der Waals surface area contributed by atoms with Crippen molar-refractivity contribution in [2.75, 3.05) is 6.61 Å². The van der Waals surface area contributed by atoms with Crippen LogP contribution in [0.1, 0.15) is 22.5 Å². The highest BCUT2D eigenvalue weighted by atomic mass is 32.2. The molecule has 0 fully saturated rings. The Morgan fingerprint density at radius 2 is 1.82 bits per heavy atom. The number of nitrogens with zero attached hydrogens (tertiary/aromatic N) is 2. The number of pyridine rings is 1. The lowest BCUT2D eigenvalue weighted by Crippen LogP contribution is -2.35. The fourth-order valence-corrected chi connectivity index (χ4v) is 7.68. The zero-order valence-electron chi connectivity index (χ0n) is 19.7. The third-order valence-corrected chi connectivity index (χ3v) is 9.79. The van der Waals surface area contributed by atoms with Crippen molar-refractivity contribution < 1.29 is 45.2 Å². The molecule has 2 aromatic heterocycles. The van der Waals surface area contributed by atoms with Crippen LogP contribution in [0.5, 0.6) is 5.75 Å². The Morgan fingerprint density at radius 3 is 2.46 bits per heavy atom. The van der Waals surface area contributed by atoms with Crippen molar-refractivity contribution in [1.82, 2.24) is 4.72 Å². The zero-order chi connectivity index (χ0) is 28.4. The average molecular weight is 599 g/mol. The summed E-state index contributed by atoms with van der Waals surface area (Å²) in [5.74, 6) is -1.85. The van der Waals surface area contributed by atoms with Crippen molar-refractivity contribution in [1.29, 1.82) is 5.26 Å². The van der Waals surface area contributed by atoms with E-state index in [9.17, 15) is 35.9 Å². The number of sulfonamides is 1. The number of benzene rings is 2. The van der Waals surface area contributed by atoms with Crippen LogP contribution in [-0.2, 0) is 27.3 Å². The Hall–Kier alpha value is -3.31. The summed E-state index contributed by atoms with van der Waals surface area (Å²) >= 11 is 0.798. The highest BCUT2D eigenvalue weighted by Crippen LogP contribution is 2.51. The summed E-state index contributed by atoms with van der Waals surface area (Å²) in [6.07, 6.45) is -1.25. The topological polar surface area (TPSA) is 141 Å². The number of nitrogens with one attached hydrogen (secondary N) is 1. The molecule has 2 aromatic carbocycles. The number of hydrogen-bond acceptors (Lipinski definition) is 6. The molecule has 0 radical (unpaired) electrons. The Morgan fingerprint density at radius 1 is 1.10 bits per heavy atom. The number of hydrogen-bond donors (Lipinski definition) is 3. The number of ether oxygens (including phenoxy) is 1. The SMILES string of the molecule is N#Cc1ccc(C(NS(=O)(=O)c2cc3ccc(OCC[n+]4ccccc4)cc3s2)P(=O)(O)O)cc1C(F)(F)F. The van der Waals surface area contributed by atoms with Gasteiger partial charge in [0.05, 0.1) is 17.2 Å². The zero-order valence-corrected chi connectivity index (χ0v) is 22.3. The van der Waals surface area contributed by atoms with Gasteiger partial charge in [0.25, 0.3) is 10.0 Å². The van der Waals surface area contributed by atoms with Gasteiger partial charge >= 0.3 is 13.8 Å². The molecule has 0 amide bonds. The molecule has 0 aliphatic rings. The van der Waals surface area contributed by atoms with Gasteiger partial charge in [-0.1, -0.05) is 12.1 Å². The maximum absolute atomic E-state index is 13.4. The molecule has 39 heavy (non-hydrogen) atoms. The number of thiophene rings is 1. The summed E-state index contributed by atoms with van der Waals surface area (Å²) in [7, 11) is -9.95. The summed E-state index contributed by atoms with van der Waals surface area (Å²) in [6.45, 7) is 0.911. The molecule has 0 aliphatic carbocycles. The first-order valence-electron chi connectivity index (χ1n) is 11.1. The van der Waals surface area contributed by atoms with Gasteiger partial charge in [-0.25, -0.2) is 13.0 Å². The van der Waals surface area contributed by atoms with E-state index in [-0.39, 0.29) is 4.21 Å². The summed E-state index contributed by atoms with van der Waals surface area (Å²) in [5, 5.41) is 9.48. The summed E-state index contributed by atoms with van der Waals surface area (Å²) < 4.78 is 88.3. The fraction of sp³-hybridized carbons (Fsp3) is 0.167. The Labute approximate surface area is 224 Å². The molecule has 0 aliphatic heterocycles. The predicted molar refractivity (Wildman–Crippen MR) is 135 cm³/mol. The van der Waals surface area contributed by atoms with Gasteiger partial charge in [-0.3, -0.25) is 4.57 Å². The first kappa shape index (κ1) is 28.7. The van der Waals surface area contributed by atoms with Crippen molar-refractivity contribution in [3.8, 4) is 11.8 Å². The summed E-state index contributed by atoms with van der Waals surface area (Å²) in [4.78, 5) is 19.7. The number of aromatic nitrogens is 1. The number of nitriles is 1. The van der Waals surface area contributed by atoms with Crippen LogP contribution in [0.2, 0.25) is 0 Å². The maximum atomic E-state index is 13.4. The molecule has 1 unspecified atom stereocenters. The van der Waals surface area contributed by atoms with Gasteiger partial charge in [0, 0.05) is 16.8 Å². The quantitative estimate of drug-likeness (QED) is 0.193. The van der Waals surface area contributed by atoms with Crippen LogP contribution in [0, 0.1) is 11.3 Å². The van der Waals surface area contributed by atoms with E-state index in [4.69, 9.17) is 10.00 Å². The summed E-state index contributed by atoms with van der Waals surface area (Å²) in [5.41, 5.74) is -2.87. The van der Waals surface area contributed by atoms with E-state index in [0.29, 0.717) is 35.1 Å². The van der Waals surface area contributed by atoms with Crippen molar-refractivity contribution >= 4 is 39.0 Å². The second-order valence-corrected chi connectivity index (χ2v) is 13.0. The molecule has 9 nitrogen and oxygen atoms in total. The number of rotatable bonds is 9. The van der Waals surface area contributed by atoms with Crippen molar-refractivity contribution in [2.24, 2.45) is 0 Å². The van der Waals surface area contributed by atoms with E-state index in [1.807, 2.05) is 39.9 Å². The highest BCUT2D eigenvalue weighted by molar-refractivity contribution is 7.92. The normalized spacial score (nSPS) is 13.2. The smallest absolute Gasteiger partial charge is 0.417 e. The van der Waals surface area contributed by atoms with Crippen molar-refractivity contribution in [3.05, 3.63) is 89.7 Å². The lowest BCUT2D eigenvalue weighted by Gasteiger charge is -2.21. The molecule has 1 atom stereocenters. The molecule has 15 heteroatoms. The van der Waals surface area contributed by atoms with Crippen LogP contribution < -0.4 is 14.0 Å². The molecule has 2 heterocycles. The van der Waals surface area contributed by atoms with E-state index in [0.717, 1.165) is 23.5 Å². The third kappa shape index (κ3) is 6.83. The Bertz CT molecular complexity index is 1700. The first-order chi connectivity index (χ1) is 18.3. The van der Waals surface area contributed by atoms with Gasteiger partial charge in [0.15, 0.2) is 18.9 Å². The van der Waals surface area contributed by atoms with Crippen LogP contribution >= 0.6 is 18.9 Å². The minimum atomic E-state index is -5.35. The number of fused-ring (bicyclic) bond motifs is 1. The monoisotopic (exact) mass is 598 g/mol. The molecule has 0 spiro atoms. The van der Waals surface area contributed by atoms with E-state index < -0.39 is 46.3 Å². The van der Waals surface area contributed by atoms with Crippen LogP contribution in [0.15, 0.2) is 77.3 Å². The molecule has 0 saturated heterocycles. The molecule has 3 N–H and O–H groups in total. The molecular weight excluding hydrogens is 578 g/mol. The lowest BCUT2D eigenvalue weighted by atomic mass is 10.0. The van der Waals surface area contributed by atoms with Gasteiger partial charge in [0.1, 0.15) is 22.3 Å². The third-order valence-electron chi connectivity index (χ3n) is 5.52. The van der Waals surface area contributed by atoms with E-state index >= 15 is 0 Å². The molecule has 4 aromatic rings. The maximum Gasteiger partial charge on any atom is 0.417 e. The molecule has 204 valence electrons. The van der Waals surface area contributed by atoms with Gasteiger partial charge in [-0.05, 0) is 47.3 Å². The summed E-state index contributed by atoms with van der Waals surface area (Å²) in [6, 6.07) is 15.1. The first-order valence-corrected chi connectivity index (χ1v) is 15.1. The van der Waals surface area contributed by atoms with Crippen LogP contribution in [-0.4, -0.2) is 24.8 Å². The van der Waals surface area contributed by atoms with Crippen molar-refractivity contribution in [2.45, 2.75) is 22.7 Å². The van der Waals surface area contributed by atoms with Crippen LogP contribution in [0.4, 0.5) is 13.2 Å².